The summed E-state index contributed by atoms with van der Waals surface area (Å²) in [6.45, 7) is 1.47. The van der Waals surface area contributed by atoms with Gasteiger partial charge in [0.05, 0.1) is 42.7 Å². The molecule has 164 valence electrons. The summed E-state index contributed by atoms with van der Waals surface area (Å²) in [5.74, 6) is 1.01. The summed E-state index contributed by atoms with van der Waals surface area (Å²) < 4.78 is 52.7. The van der Waals surface area contributed by atoms with E-state index in [0.29, 0.717) is 53.3 Å². The number of aromatic nitrogens is 3. The highest BCUT2D eigenvalue weighted by Crippen LogP contribution is 2.36. The van der Waals surface area contributed by atoms with Crippen LogP contribution in [0.2, 0.25) is 0 Å². The smallest absolute Gasteiger partial charge is 0.416 e. The van der Waals surface area contributed by atoms with Crippen molar-refractivity contribution in [3.05, 3.63) is 47.7 Å². The number of nitrogens with one attached hydrogen (secondary N) is 2. The number of allylic oxidation sites excluding steroid dienone is 1. The van der Waals surface area contributed by atoms with Crippen molar-refractivity contribution in [2.75, 3.05) is 20.3 Å². The Labute approximate surface area is 176 Å². The van der Waals surface area contributed by atoms with Gasteiger partial charge in [-0.2, -0.15) is 13.2 Å². The van der Waals surface area contributed by atoms with Crippen LogP contribution in [0.1, 0.15) is 30.3 Å². The lowest BCUT2D eigenvalue weighted by Crippen LogP contribution is -2.23. The molecule has 0 unspecified atom stereocenters. The van der Waals surface area contributed by atoms with Gasteiger partial charge in [0.25, 0.3) is 0 Å². The van der Waals surface area contributed by atoms with Crippen molar-refractivity contribution in [3.8, 4) is 0 Å². The highest BCUT2D eigenvalue weighted by molar-refractivity contribution is 6.02. The number of hydrogen-bond acceptors (Lipinski definition) is 6. The summed E-state index contributed by atoms with van der Waals surface area (Å²) >= 11 is 0. The maximum atomic E-state index is 13.4. The van der Waals surface area contributed by atoms with Crippen LogP contribution in [0.3, 0.4) is 0 Å². The van der Waals surface area contributed by atoms with Crippen LogP contribution in [0.5, 0.6) is 0 Å². The fraction of sp³-hybridized carbons (Fsp3) is 0.381. The lowest BCUT2D eigenvalue weighted by Gasteiger charge is -2.26. The number of imidazole rings is 1. The second-order valence-corrected chi connectivity index (χ2v) is 7.24. The molecule has 2 aromatic heterocycles. The SMILES string of the molecule is CO/C(C=N)=C/NCc1nc2cnc3ccc(C(F)(F)F)cc3c2n1C1CCOCC1. The number of hydrogen-bond donors (Lipinski definition) is 2. The zero-order chi connectivity index (χ0) is 22.0. The van der Waals surface area contributed by atoms with E-state index < -0.39 is 11.7 Å². The molecule has 0 bridgehead atoms. The third kappa shape index (κ3) is 4.20. The molecule has 3 heterocycles. The minimum Gasteiger partial charge on any atom is -0.494 e. The minimum atomic E-state index is -4.45. The van der Waals surface area contributed by atoms with E-state index in [1.54, 1.807) is 12.4 Å². The van der Waals surface area contributed by atoms with Gasteiger partial charge in [0, 0.05) is 30.8 Å². The fourth-order valence-electron chi connectivity index (χ4n) is 3.87. The molecule has 1 aliphatic rings. The highest BCUT2D eigenvalue weighted by Gasteiger charge is 2.31. The fourth-order valence-corrected chi connectivity index (χ4v) is 3.87. The first-order valence-electron chi connectivity index (χ1n) is 9.85. The third-order valence-electron chi connectivity index (χ3n) is 5.35. The molecule has 0 saturated carbocycles. The topological polar surface area (TPSA) is 85.0 Å². The van der Waals surface area contributed by atoms with Crippen molar-refractivity contribution in [1.82, 2.24) is 19.9 Å². The molecule has 0 spiro atoms. The first-order chi connectivity index (χ1) is 14.9. The highest BCUT2D eigenvalue weighted by atomic mass is 19.4. The molecule has 0 amide bonds. The number of pyridine rings is 1. The average Bonchev–Trinajstić information content (AvgIpc) is 3.15. The van der Waals surface area contributed by atoms with Crippen molar-refractivity contribution in [1.29, 1.82) is 5.41 Å². The van der Waals surface area contributed by atoms with Gasteiger partial charge < -0.3 is 24.8 Å². The van der Waals surface area contributed by atoms with E-state index in [4.69, 9.17) is 14.9 Å². The molecule has 2 N–H and O–H groups in total. The molecule has 0 aliphatic carbocycles. The number of nitrogens with zero attached hydrogens (tertiary/aromatic N) is 3. The Hall–Kier alpha value is -3.14. The van der Waals surface area contributed by atoms with Gasteiger partial charge in [0.15, 0.2) is 5.76 Å². The van der Waals surface area contributed by atoms with Gasteiger partial charge in [0.1, 0.15) is 11.3 Å². The number of halogens is 3. The van der Waals surface area contributed by atoms with Crippen LogP contribution in [-0.2, 0) is 22.2 Å². The normalized spacial score (nSPS) is 16.1. The molecule has 31 heavy (non-hydrogen) atoms. The molecule has 10 heteroatoms. The molecular formula is C21H22F3N5O2. The lowest BCUT2D eigenvalue weighted by atomic mass is 10.1. The van der Waals surface area contributed by atoms with Crippen molar-refractivity contribution in [2.45, 2.75) is 31.6 Å². The van der Waals surface area contributed by atoms with Crippen LogP contribution in [-0.4, -0.2) is 41.1 Å². The Morgan fingerprint density at radius 1 is 1.32 bits per heavy atom. The van der Waals surface area contributed by atoms with E-state index >= 15 is 0 Å². The van der Waals surface area contributed by atoms with Gasteiger partial charge in [-0.25, -0.2) is 4.98 Å². The second-order valence-electron chi connectivity index (χ2n) is 7.24. The van der Waals surface area contributed by atoms with Crippen LogP contribution in [0.25, 0.3) is 21.9 Å². The first kappa shape index (κ1) is 21.1. The van der Waals surface area contributed by atoms with Crippen LogP contribution in [0.4, 0.5) is 13.2 Å². The Balaban J connectivity index is 1.87. The van der Waals surface area contributed by atoms with Crippen molar-refractivity contribution in [3.63, 3.8) is 0 Å². The van der Waals surface area contributed by atoms with E-state index in [-0.39, 0.29) is 6.04 Å². The number of fused-ring (bicyclic) bond motifs is 3. The van der Waals surface area contributed by atoms with Crippen LogP contribution in [0, 0.1) is 5.41 Å². The largest absolute Gasteiger partial charge is 0.494 e. The van der Waals surface area contributed by atoms with E-state index in [0.717, 1.165) is 31.2 Å². The number of alkyl halides is 3. The van der Waals surface area contributed by atoms with Gasteiger partial charge in [-0.1, -0.05) is 0 Å². The Kier molecular flexibility index (Phi) is 5.81. The summed E-state index contributed by atoms with van der Waals surface area (Å²) in [5, 5.41) is 10.8. The summed E-state index contributed by atoms with van der Waals surface area (Å²) in [6.07, 6.45) is 1.25. The predicted octanol–water partition coefficient (Wildman–Crippen LogP) is 4.18. The molecule has 4 rings (SSSR count). The van der Waals surface area contributed by atoms with Crippen molar-refractivity contribution >= 4 is 28.2 Å². The maximum Gasteiger partial charge on any atom is 0.416 e. The molecular weight excluding hydrogens is 411 g/mol. The Morgan fingerprint density at radius 3 is 2.77 bits per heavy atom. The van der Waals surface area contributed by atoms with Gasteiger partial charge in [-0.05, 0) is 31.0 Å². The molecule has 3 aromatic rings. The Morgan fingerprint density at radius 2 is 2.10 bits per heavy atom. The molecule has 1 fully saturated rings. The van der Waals surface area contributed by atoms with Crippen LogP contribution in [0.15, 0.2) is 36.4 Å². The summed E-state index contributed by atoms with van der Waals surface area (Å²) in [6, 6.07) is 3.64. The zero-order valence-corrected chi connectivity index (χ0v) is 16.9. The molecule has 1 aromatic carbocycles. The van der Waals surface area contributed by atoms with Gasteiger partial charge in [-0.15, -0.1) is 0 Å². The third-order valence-corrected chi connectivity index (χ3v) is 5.35. The number of benzene rings is 1. The number of ether oxygens (including phenoxy) is 2. The monoisotopic (exact) mass is 433 g/mol. The first-order valence-corrected chi connectivity index (χ1v) is 9.85. The summed E-state index contributed by atoms with van der Waals surface area (Å²) in [5.41, 5.74) is 0.951. The van der Waals surface area contributed by atoms with E-state index in [1.807, 2.05) is 4.57 Å². The van der Waals surface area contributed by atoms with Crippen LogP contribution < -0.4 is 5.32 Å². The van der Waals surface area contributed by atoms with Crippen LogP contribution >= 0.6 is 0 Å². The average molecular weight is 433 g/mol. The lowest BCUT2D eigenvalue weighted by molar-refractivity contribution is -0.137. The molecule has 1 saturated heterocycles. The minimum absolute atomic E-state index is 0.0457. The molecule has 1 aliphatic heterocycles. The van der Waals surface area contributed by atoms with E-state index in [1.165, 1.54) is 13.2 Å². The zero-order valence-electron chi connectivity index (χ0n) is 16.9. The van der Waals surface area contributed by atoms with Crippen molar-refractivity contribution < 1.29 is 22.6 Å². The molecule has 0 radical (unpaired) electrons. The van der Waals surface area contributed by atoms with E-state index in [2.05, 4.69) is 15.3 Å². The predicted molar refractivity (Wildman–Crippen MR) is 110 cm³/mol. The standard InChI is InChI=1S/C21H22F3N5O2/c1-30-15(9-25)10-26-12-19-28-18-11-27-17-3-2-13(21(22,23)24)8-16(17)20(18)29(19)14-4-6-31-7-5-14/h2-3,8-11,14,25-26H,4-7,12H2,1H3/b15-10+,25-9?. The Bertz CT molecular complexity index is 1130. The summed E-state index contributed by atoms with van der Waals surface area (Å²) in [7, 11) is 1.46. The van der Waals surface area contributed by atoms with Gasteiger partial charge in [-0.3, -0.25) is 4.98 Å². The number of rotatable bonds is 6. The number of methoxy groups -OCH3 is 1. The maximum absolute atomic E-state index is 13.4. The molecule has 0 atom stereocenters. The molecule has 7 nitrogen and oxygen atoms in total. The van der Waals surface area contributed by atoms with Gasteiger partial charge in [0.2, 0.25) is 0 Å². The van der Waals surface area contributed by atoms with Crippen molar-refractivity contribution in [2.24, 2.45) is 0 Å². The quantitative estimate of drug-likeness (QED) is 0.450. The van der Waals surface area contributed by atoms with E-state index in [9.17, 15) is 13.2 Å². The van der Waals surface area contributed by atoms with Gasteiger partial charge >= 0.3 is 6.18 Å². The second kappa shape index (κ2) is 8.54. The summed E-state index contributed by atoms with van der Waals surface area (Å²) in [4.78, 5) is 8.98.